The molecule has 0 aromatic heterocycles. The Balaban J connectivity index is 1.69. The summed E-state index contributed by atoms with van der Waals surface area (Å²) in [6, 6.07) is 10.1. The maximum atomic E-state index is 12.9. The van der Waals surface area contributed by atoms with Gasteiger partial charge in [-0.05, 0) is 48.7 Å². The third kappa shape index (κ3) is 6.62. The van der Waals surface area contributed by atoms with E-state index in [4.69, 9.17) is 9.47 Å². The molecule has 0 spiro atoms. The quantitative estimate of drug-likeness (QED) is 0.557. The van der Waals surface area contributed by atoms with Crippen molar-refractivity contribution in [2.45, 2.75) is 37.0 Å². The van der Waals surface area contributed by atoms with E-state index in [0.717, 1.165) is 12.8 Å². The molecule has 0 radical (unpaired) electrons. The van der Waals surface area contributed by atoms with Crippen molar-refractivity contribution in [1.82, 2.24) is 9.62 Å². The molecule has 33 heavy (non-hydrogen) atoms. The molecule has 1 amide bonds. The largest absolute Gasteiger partial charge is 0.493 e. The second-order valence-electron chi connectivity index (χ2n) is 7.54. The normalized spacial score (nSPS) is 16.1. The summed E-state index contributed by atoms with van der Waals surface area (Å²) in [6.07, 6.45) is 1.55. The van der Waals surface area contributed by atoms with Crippen molar-refractivity contribution in [3.63, 3.8) is 0 Å². The number of hydrogen-bond acceptors (Lipinski definition) is 6. The number of carbonyl (C=O) groups is 1. The number of rotatable bonds is 10. The van der Waals surface area contributed by atoms with E-state index in [1.807, 2.05) is 0 Å². The van der Waals surface area contributed by atoms with Crippen LogP contribution in [0.1, 0.15) is 28.8 Å². The average Bonchev–Trinajstić information content (AvgIpc) is 3.32. The van der Waals surface area contributed by atoms with Crippen LogP contribution in [0.2, 0.25) is 0 Å². The van der Waals surface area contributed by atoms with E-state index in [2.05, 4.69) is 9.46 Å². The molecule has 3 rings (SSSR count). The van der Waals surface area contributed by atoms with Gasteiger partial charge >= 0.3 is 6.61 Å². The first-order valence-electron chi connectivity index (χ1n) is 10.3. The molecule has 2 aromatic carbocycles. The van der Waals surface area contributed by atoms with Crippen LogP contribution in [0.4, 0.5) is 8.78 Å². The fourth-order valence-corrected chi connectivity index (χ4v) is 4.57. The Morgan fingerprint density at radius 2 is 2.03 bits per heavy atom. The van der Waals surface area contributed by atoms with Gasteiger partial charge in [0.1, 0.15) is 0 Å². The van der Waals surface area contributed by atoms with Crippen LogP contribution >= 0.6 is 0 Å². The zero-order valence-corrected chi connectivity index (χ0v) is 19.1. The SMILES string of the molecule is COc1cc(CN(C)C(=O)c2cccc(S(=O)(=O)NCC3CCCO3)c2)ccc1OC(F)F. The number of nitrogens with zero attached hydrogens (tertiary/aromatic N) is 1. The van der Waals surface area contributed by atoms with Gasteiger partial charge in [-0.15, -0.1) is 0 Å². The lowest BCUT2D eigenvalue weighted by Gasteiger charge is -2.19. The Labute approximate surface area is 191 Å². The minimum Gasteiger partial charge on any atom is -0.493 e. The minimum atomic E-state index is -3.80. The zero-order valence-electron chi connectivity index (χ0n) is 18.3. The third-order valence-electron chi connectivity index (χ3n) is 5.13. The van der Waals surface area contributed by atoms with Crippen molar-refractivity contribution in [2.24, 2.45) is 0 Å². The molecule has 1 saturated heterocycles. The highest BCUT2D eigenvalue weighted by Gasteiger charge is 2.22. The lowest BCUT2D eigenvalue weighted by molar-refractivity contribution is -0.0512. The maximum absolute atomic E-state index is 12.9. The van der Waals surface area contributed by atoms with Gasteiger partial charge in [0.2, 0.25) is 10.0 Å². The summed E-state index contributed by atoms with van der Waals surface area (Å²) >= 11 is 0. The summed E-state index contributed by atoms with van der Waals surface area (Å²) in [7, 11) is -0.929. The molecule has 1 aliphatic rings. The van der Waals surface area contributed by atoms with Crippen LogP contribution < -0.4 is 14.2 Å². The molecule has 1 unspecified atom stereocenters. The van der Waals surface area contributed by atoms with E-state index in [-0.39, 0.29) is 41.2 Å². The summed E-state index contributed by atoms with van der Waals surface area (Å²) in [5.41, 5.74) is 0.813. The van der Waals surface area contributed by atoms with Gasteiger partial charge < -0.3 is 19.1 Å². The fourth-order valence-electron chi connectivity index (χ4n) is 3.46. The number of halogens is 2. The summed E-state index contributed by atoms with van der Waals surface area (Å²) in [4.78, 5) is 14.3. The summed E-state index contributed by atoms with van der Waals surface area (Å²) in [6.45, 7) is -2.06. The third-order valence-corrected chi connectivity index (χ3v) is 6.55. The van der Waals surface area contributed by atoms with Gasteiger partial charge in [-0.1, -0.05) is 12.1 Å². The van der Waals surface area contributed by atoms with E-state index in [9.17, 15) is 22.0 Å². The standard InChI is InChI=1S/C22H26F2N2O6S/c1-26(14-15-8-9-19(32-22(23)24)20(11-15)30-2)21(27)16-5-3-7-18(12-16)33(28,29)25-13-17-6-4-10-31-17/h3,5,7-9,11-12,17,22,25H,4,6,10,13-14H2,1-2H3. The van der Waals surface area contributed by atoms with Crippen LogP contribution in [0.25, 0.3) is 0 Å². The van der Waals surface area contributed by atoms with Gasteiger partial charge in [-0.2, -0.15) is 8.78 Å². The van der Waals surface area contributed by atoms with Gasteiger partial charge in [-0.25, -0.2) is 13.1 Å². The highest BCUT2D eigenvalue weighted by molar-refractivity contribution is 7.89. The van der Waals surface area contributed by atoms with Crippen molar-refractivity contribution >= 4 is 15.9 Å². The first kappa shape index (κ1) is 24.9. The topological polar surface area (TPSA) is 94.2 Å². The first-order valence-corrected chi connectivity index (χ1v) is 11.8. The van der Waals surface area contributed by atoms with Crippen molar-refractivity contribution in [3.8, 4) is 11.5 Å². The van der Waals surface area contributed by atoms with Crippen molar-refractivity contribution in [3.05, 3.63) is 53.6 Å². The second kappa shape index (κ2) is 10.9. The number of hydrogen-bond donors (Lipinski definition) is 1. The van der Waals surface area contributed by atoms with Gasteiger partial charge in [-0.3, -0.25) is 4.79 Å². The van der Waals surface area contributed by atoms with Crippen LogP contribution in [0.5, 0.6) is 11.5 Å². The summed E-state index contributed by atoms with van der Waals surface area (Å²) in [5, 5.41) is 0. The van der Waals surface area contributed by atoms with Gasteiger partial charge in [0.05, 0.1) is 18.1 Å². The van der Waals surface area contributed by atoms with Crippen LogP contribution in [-0.4, -0.2) is 59.2 Å². The molecule has 1 aliphatic heterocycles. The number of benzene rings is 2. The van der Waals surface area contributed by atoms with Gasteiger partial charge in [0.15, 0.2) is 11.5 Å². The average molecular weight is 485 g/mol. The highest BCUT2D eigenvalue weighted by atomic mass is 32.2. The number of amides is 1. The Bertz CT molecular complexity index is 1070. The highest BCUT2D eigenvalue weighted by Crippen LogP contribution is 2.30. The van der Waals surface area contributed by atoms with Crippen LogP contribution in [0.15, 0.2) is 47.4 Å². The van der Waals surface area contributed by atoms with E-state index in [1.54, 1.807) is 13.1 Å². The zero-order chi connectivity index (χ0) is 24.0. The first-order chi connectivity index (χ1) is 15.7. The van der Waals surface area contributed by atoms with Crippen LogP contribution in [-0.2, 0) is 21.3 Å². The summed E-state index contributed by atoms with van der Waals surface area (Å²) in [5.74, 6) is -0.407. The fraction of sp³-hybridized carbons (Fsp3) is 0.409. The number of nitrogens with one attached hydrogen (secondary N) is 1. The molecule has 11 heteroatoms. The van der Waals surface area contributed by atoms with Crippen LogP contribution in [0.3, 0.4) is 0 Å². The Morgan fingerprint density at radius 3 is 2.70 bits per heavy atom. The number of carbonyl (C=O) groups excluding carboxylic acids is 1. The molecular formula is C22H26F2N2O6S. The second-order valence-corrected chi connectivity index (χ2v) is 9.31. The van der Waals surface area contributed by atoms with Crippen LogP contribution in [0, 0.1) is 0 Å². The number of ether oxygens (including phenoxy) is 3. The predicted octanol–water partition coefficient (Wildman–Crippen LogP) is 3.03. The monoisotopic (exact) mass is 484 g/mol. The van der Waals surface area contributed by atoms with E-state index in [1.165, 1.54) is 48.4 Å². The Kier molecular flexibility index (Phi) is 8.22. The minimum absolute atomic E-state index is 0.0186. The lowest BCUT2D eigenvalue weighted by Crippen LogP contribution is -2.32. The molecule has 1 N–H and O–H groups in total. The number of methoxy groups -OCH3 is 1. The number of alkyl halides is 2. The smallest absolute Gasteiger partial charge is 0.387 e. The Morgan fingerprint density at radius 1 is 1.24 bits per heavy atom. The molecule has 0 bridgehead atoms. The molecule has 1 fully saturated rings. The molecular weight excluding hydrogens is 458 g/mol. The molecule has 0 aliphatic carbocycles. The Hall–Kier alpha value is -2.76. The summed E-state index contributed by atoms with van der Waals surface area (Å²) < 4.78 is 67.7. The van der Waals surface area contributed by atoms with Crippen molar-refractivity contribution in [2.75, 3.05) is 27.3 Å². The molecule has 2 aromatic rings. The molecule has 0 saturated carbocycles. The van der Waals surface area contributed by atoms with Crippen molar-refractivity contribution in [1.29, 1.82) is 0 Å². The number of sulfonamides is 1. The van der Waals surface area contributed by atoms with E-state index in [0.29, 0.717) is 12.2 Å². The lowest BCUT2D eigenvalue weighted by atomic mass is 10.1. The van der Waals surface area contributed by atoms with Gasteiger partial charge in [0.25, 0.3) is 5.91 Å². The van der Waals surface area contributed by atoms with Gasteiger partial charge in [0, 0.05) is 32.3 Å². The molecule has 8 nitrogen and oxygen atoms in total. The predicted molar refractivity (Wildman–Crippen MR) is 116 cm³/mol. The maximum Gasteiger partial charge on any atom is 0.387 e. The van der Waals surface area contributed by atoms with E-state index >= 15 is 0 Å². The van der Waals surface area contributed by atoms with E-state index < -0.39 is 22.5 Å². The molecule has 1 heterocycles. The molecule has 1 atom stereocenters. The molecule has 180 valence electrons. The van der Waals surface area contributed by atoms with Crippen molar-refractivity contribution < 1.29 is 36.2 Å².